The molecule has 1 atom stereocenters. The third-order valence-electron chi connectivity index (χ3n) is 5.07. The third-order valence-corrected chi connectivity index (χ3v) is 6.82. The summed E-state index contributed by atoms with van der Waals surface area (Å²) in [5.74, 6) is 0.523. The highest BCUT2D eigenvalue weighted by molar-refractivity contribution is 7.91. The van der Waals surface area contributed by atoms with Crippen LogP contribution in [-0.2, 0) is 21.2 Å². The number of rotatable bonds is 7. The van der Waals surface area contributed by atoms with Crippen molar-refractivity contribution in [2.24, 2.45) is 5.92 Å². The topological polar surface area (TPSA) is 98.6 Å². The van der Waals surface area contributed by atoms with Crippen LogP contribution in [0.5, 0.6) is 5.75 Å². The highest BCUT2D eigenvalue weighted by Gasteiger charge is 2.35. The van der Waals surface area contributed by atoms with Gasteiger partial charge in [-0.05, 0) is 30.5 Å². The molecule has 9 heteroatoms. The Bertz CT molecular complexity index is 1080. The van der Waals surface area contributed by atoms with Crippen LogP contribution in [0.15, 0.2) is 41.2 Å². The summed E-state index contributed by atoms with van der Waals surface area (Å²) in [5.41, 5.74) is 0.825. The van der Waals surface area contributed by atoms with E-state index < -0.39 is 15.4 Å². The van der Waals surface area contributed by atoms with Crippen LogP contribution in [-0.4, -0.2) is 60.2 Å². The molecule has 2 aromatic rings. The Morgan fingerprint density at radius 1 is 1.27 bits per heavy atom. The Labute approximate surface area is 176 Å². The van der Waals surface area contributed by atoms with Gasteiger partial charge in [-0.25, -0.2) is 13.1 Å². The number of nitrogens with zero attached hydrogens (tertiary/aromatic N) is 3. The maximum atomic E-state index is 13.1. The molecule has 1 fully saturated rings. The van der Waals surface area contributed by atoms with E-state index in [1.54, 1.807) is 24.1 Å². The van der Waals surface area contributed by atoms with E-state index >= 15 is 0 Å². The summed E-state index contributed by atoms with van der Waals surface area (Å²) < 4.78 is 30.3. The van der Waals surface area contributed by atoms with Crippen LogP contribution in [0.25, 0.3) is 11.3 Å². The van der Waals surface area contributed by atoms with Crippen molar-refractivity contribution in [2.75, 3.05) is 25.2 Å². The second kappa shape index (κ2) is 8.99. The van der Waals surface area contributed by atoms with E-state index in [0.29, 0.717) is 30.0 Å². The number of carbonyl (C=O) groups excluding carboxylic acids is 1. The van der Waals surface area contributed by atoms with E-state index in [4.69, 9.17) is 4.74 Å². The fourth-order valence-corrected chi connectivity index (χ4v) is 5.38. The zero-order valence-electron chi connectivity index (χ0n) is 17.4. The molecule has 30 heavy (non-hydrogen) atoms. The smallest absolute Gasteiger partial charge is 0.267 e. The molecule has 1 amide bonds. The lowest BCUT2D eigenvalue weighted by Crippen LogP contribution is -2.46. The van der Waals surface area contributed by atoms with Gasteiger partial charge in [0.1, 0.15) is 12.3 Å². The summed E-state index contributed by atoms with van der Waals surface area (Å²) >= 11 is 0. The Morgan fingerprint density at radius 2 is 2.00 bits per heavy atom. The molecule has 2 heterocycles. The van der Waals surface area contributed by atoms with E-state index in [9.17, 15) is 18.0 Å². The summed E-state index contributed by atoms with van der Waals surface area (Å²) in [4.78, 5) is 27.0. The first-order chi connectivity index (χ1) is 14.2. The molecule has 1 unspecified atom stereocenters. The fourth-order valence-electron chi connectivity index (χ4n) is 3.65. The highest BCUT2D eigenvalue weighted by Crippen LogP contribution is 2.27. The number of amides is 1. The number of hydrogen-bond acceptors (Lipinski definition) is 6. The van der Waals surface area contributed by atoms with Gasteiger partial charge in [0, 0.05) is 24.2 Å². The largest absolute Gasteiger partial charge is 0.496 e. The monoisotopic (exact) mass is 433 g/mol. The molecule has 0 spiro atoms. The Balaban J connectivity index is 1.88. The van der Waals surface area contributed by atoms with Gasteiger partial charge in [0.25, 0.3) is 5.56 Å². The first kappa shape index (κ1) is 22.0. The van der Waals surface area contributed by atoms with Gasteiger partial charge in [-0.3, -0.25) is 9.59 Å². The predicted octanol–water partition coefficient (Wildman–Crippen LogP) is 1.59. The number of ether oxygens (including phenoxy) is 1. The maximum absolute atomic E-state index is 13.1. The summed E-state index contributed by atoms with van der Waals surface area (Å²) in [6.07, 6.45) is 0.421. The minimum absolute atomic E-state index is 0.0327. The van der Waals surface area contributed by atoms with Crippen LogP contribution < -0.4 is 10.3 Å². The Kier molecular flexibility index (Phi) is 6.60. The number of hydrogen-bond donors (Lipinski definition) is 0. The van der Waals surface area contributed by atoms with Gasteiger partial charge in [-0.1, -0.05) is 26.0 Å². The van der Waals surface area contributed by atoms with Crippen LogP contribution >= 0.6 is 0 Å². The molecule has 3 rings (SSSR count). The number of methoxy groups -OCH3 is 1. The Morgan fingerprint density at radius 3 is 2.63 bits per heavy atom. The van der Waals surface area contributed by atoms with Gasteiger partial charge >= 0.3 is 0 Å². The molecular formula is C21H27N3O5S. The second-order valence-electron chi connectivity index (χ2n) is 7.91. The van der Waals surface area contributed by atoms with E-state index in [1.807, 2.05) is 32.0 Å². The molecule has 8 nitrogen and oxygen atoms in total. The Hall–Kier alpha value is -2.68. The zero-order valence-corrected chi connectivity index (χ0v) is 18.3. The van der Waals surface area contributed by atoms with Crippen LogP contribution in [0.4, 0.5) is 0 Å². The quantitative estimate of drug-likeness (QED) is 0.658. The molecule has 1 aromatic heterocycles. The minimum Gasteiger partial charge on any atom is -0.496 e. The normalized spacial score (nSPS) is 17.8. The average molecular weight is 434 g/mol. The van der Waals surface area contributed by atoms with Gasteiger partial charge < -0.3 is 9.64 Å². The van der Waals surface area contributed by atoms with E-state index in [0.717, 1.165) is 4.68 Å². The predicted molar refractivity (Wildman–Crippen MR) is 114 cm³/mol. The number of para-hydroxylation sites is 1. The van der Waals surface area contributed by atoms with Crippen molar-refractivity contribution in [2.45, 2.75) is 32.9 Å². The third kappa shape index (κ3) is 5.08. The van der Waals surface area contributed by atoms with Crippen molar-refractivity contribution < 1.29 is 17.9 Å². The van der Waals surface area contributed by atoms with Gasteiger partial charge in [0.05, 0.1) is 24.3 Å². The van der Waals surface area contributed by atoms with Gasteiger partial charge in [-0.2, -0.15) is 5.10 Å². The fraction of sp³-hybridized carbons (Fsp3) is 0.476. The standard InChI is InChI=1S/C21H27N3O5S/c1-15(2)12-23(16-10-11-30(27,28)14-16)21(26)13-24-20(25)9-8-18(22-24)17-6-4-5-7-19(17)29-3/h4-9,15-16H,10-14H2,1-3H3. The van der Waals surface area contributed by atoms with E-state index in [1.165, 1.54) is 6.07 Å². The van der Waals surface area contributed by atoms with Crippen LogP contribution in [0.3, 0.4) is 0 Å². The van der Waals surface area contributed by atoms with Crippen LogP contribution in [0.2, 0.25) is 0 Å². The lowest BCUT2D eigenvalue weighted by Gasteiger charge is -2.30. The first-order valence-corrected chi connectivity index (χ1v) is 11.7. The molecule has 0 radical (unpaired) electrons. The van der Waals surface area contributed by atoms with Crippen molar-refractivity contribution in [1.29, 1.82) is 0 Å². The number of benzene rings is 1. The molecule has 0 aliphatic carbocycles. The molecule has 162 valence electrons. The van der Waals surface area contributed by atoms with Crippen molar-refractivity contribution in [3.8, 4) is 17.0 Å². The number of aromatic nitrogens is 2. The number of sulfone groups is 1. The lowest BCUT2D eigenvalue weighted by atomic mass is 10.1. The average Bonchev–Trinajstić information content (AvgIpc) is 3.07. The maximum Gasteiger partial charge on any atom is 0.267 e. The minimum atomic E-state index is -3.13. The van der Waals surface area contributed by atoms with E-state index in [2.05, 4.69) is 5.10 Å². The summed E-state index contributed by atoms with van der Waals surface area (Å²) in [6.45, 7) is 4.12. The molecule has 0 bridgehead atoms. The SMILES string of the molecule is COc1ccccc1-c1ccc(=O)n(CC(=O)N(CC(C)C)C2CCS(=O)(=O)C2)n1. The summed E-state index contributed by atoms with van der Waals surface area (Å²) in [7, 11) is -1.58. The second-order valence-corrected chi connectivity index (χ2v) is 10.1. The molecule has 0 saturated carbocycles. The number of carbonyl (C=O) groups is 1. The first-order valence-electron chi connectivity index (χ1n) is 9.91. The summed E-state index contributed by atoms with van der Waals surface area (Å²) in [6, 6.07) is 9.89. The molecule has 0 N–H and O–H groups in total. The van der Waals surface area contributed by atoms with Crippen molar-refractivity contribution in [3.05, 3.63) is 46.8 Å². The molecule has 1 saturated heterocycles. The van der Waals surface area contributed by atoms with Crippen molar-refractivity contribution >= 4 is 15.7 Å². The van der Waals surface area contributed by atoms with Crippen LogP contribution in [0.1, 0.15) is 20.3 Å². The zero-order chi connectivity index (χ0) is 21.9. The molecular weight excluding hydrogens is 406 g/mol. The van der Waals surface area contributed by atoms with Gasteiger partial charge in [0.2, 0.25) is 5.91 Å². The lowest BCUT2D eigenvalue weighted by molar-refractivity contribution is -0.134. The van der Waals surface area contributed by atoms with Crippen LogP contribution in [0, 0.1) is 5.92 Å². The molecule has 1 aliphatic heterocycles. The van der Waals surface area contributed by atoms with Crippen molar-refractivity contribution in [3.63, 3.8) is 0 Å². The van der Waals surface area contributed by atoms with E-state index in [-0.39, 0.29) is 35.9 Å². The van der Waals surface area contributed by atoms with Gasteiger partial charge in [0.15, 0.2) is 9.84 Å². The highest BCUT2D eigenvalue weighted by atomic mass is 32.2. The summed E-state index contributed by atoms with van der Waals surface area (Å²) in [5, 5.41) is 4.37. The molecule has 1 aromatic carbocycles. The van der Waals surface area contributed by atoms with Crippen molar-refractivity contribution in [1.82, 2.24) is 14.7 Å². The molecule has 1 aliphatic rings. The van der Waals surface area contributed by atoms with Gasteiger partial charge in [-0.15, -0.1) is 0 Å².